The predicted octanol–water partition coefficient (Wildman–Crippen LogP) is 0.355. The number of carbonyl (C=O) groups excluding carboxylic acids is 1. The van der Waals surface area contributed by atoms with Crippen LogP contribution >= 0.6 is 0 Å². The molecule has 0 aliphatic carbocycles. The molecule has 1 rings (SSSR count). The van der Waals surface area contributed by atoms with E-state index in [1.807, 2.05) is 0 Å². The molecule has 0 aromatic rings. The number of nitrogens with one attached hydrogen (secondary N) is 2. The third-order valence-corrected chi connectivity index (χ3v) is 2.82. The zero-order chi connectivity index (χ0) is 12.0. The molecule has 0 spiro atoms. The molecule has 1 heterocycles. The maximum Gasteiger partial charge on any atom is 0.305 e. The Balaban J connectivity index is 2.21. The predicted molar refractivity (Wildman–Crippen MR) is 60.1 cm³/mol. The zero-order valence-corrected chi connectivity index (χ0v) is 9.66. The lowest BCUT2D eigenvalue weighted by Gasteiger charge is -2.22. The largest absolute Gasteiger partial charge is 0.481 e. The van der Waals surface area contributed by atoms with Gasteiger partial charge in [0.15, 0.2) is 0 Å². The maximum atomic E-state index is 11.6. The van der Waals surface area contributed by atoms with Gasteiger partial charge in [-0.15, -0.1) is 0 Å². The molecule has 1 aliphatic heterocycles. The number of carboxylic acid groups (broad SMARTS) is 1. The molecule has 16 heavy (non-hydrogen) atoms. The van der Waals surface area contributed by atoms with E-state index in [9.17, 15) is 9.59 Å². The lowest BCUT2D eigenvalue weighted by atomic mass is 9.94. The van der Waals surface area contributed by atoms with Gasteiger partial charge in [0.2, 0.25) is 5.91 Å². The molecule has 3 N–H and O–H groups in total. The van der Waals surface area contributed by atoms with Crippen LogP contribution in [0.1, 0.15) is 32.6 Å². The highest BCUT2D eigenvalue weighted by molar-refractivity contribution is 5.77. The molecule has 0 radical (unpaired) electrons. The van der Waals surface area contributed by atoms with E-state index in [1.54, 1.807) is 6.92 Å². The van der Waals surface area contributed by atoms with Gasteiger partial charge in [0.25, 0.3) is 0 Å². The van der Waals surface area contributed by atoms with E-state index >= 15 is 0 Å². The van der Waals surface area contributed by atoms with Crippen molar-refractivity contribution in [3.63, 3.8) is 0 Å². The molecular formula is C11H20N2O3. The molecule has 0 bridgehead atoms. The molecule has 1 amide bonds. The summed E-state index contributed by atoms with van der Waals surface area (Å²) in [5.74, 6) is -0.464. The molecule has 5 heteroatoms. The Morgan fingerprint density at radius 1 is 1.44 bits per heavy atom. The Kier molecular flexibility index (Phi) is 5.25. The van der Waals surface area contributed by atoms with Crippen LogP contribution in [-0.4, -0.2) is 36.1 Å². The van der Waals surface area contributed by atoms with Gasteiger partial charge in [0.1, 0.15) is 0 Å². The van der Waals surface area contributed by atoms with Gasteiger partial charge in [0.05, 0.1) is 6.42 Å². The Hall–Kier alpha value is -1.10. The second-order valence-corrected chi connectivity index (χ2v) is 4.46. The Bertz CT molecular complexity index is 250. The summed E-state index contributed by atoms with van der Waals surface area (Å²) in [5.41, 5.74) is 0. The first kappa shape index (κ1) is 13.0. The second kappa shape index (κ2) is 6.48. The van der Waals surface area contributed by atoms with Crippen molar-refractivity contribution in [1.29, 1.82) is 0 Å². The smallest absolute Gasteiger partial charge is 0.305 e. The fourth-order valence-corrected chi connectivity index (χ4v) is 1.99. The molecule has 1 saturated heterocycles. The number of carbonyl (C=O) groups is 2. The van der Waals surface area contributed by atoms with Crippen molar-refractivity contribution in [2.45, 2.75) is 38.6 Å². The van der Waals surface area contributed by atoms with E-state index in [-0.39, 0.29) is 18.4 Å². The lowest BCUT2D eigenvalue weighted by Crippen LogP contribution is -2.37. The molecule has 0 saturated carbocycles. The average molecular weight is 228 g/mol. The number of aliphatic carboxylic acids is 1. The summed E-state index contributed by atoms with van der Waals surface area (Å²) in [4.78, 5) is 22.0. The van der Waals surface area contributed by atoms with E-state index in [4.69, 9.17) is 5.11 Å². The van der Waals surface area contributed by atoms with E-state index in [0.29, 0.717) is 12.3 Å². The summed E-state index contributed by atoms with van der Waals surface area (Å²) in [7, 11) is 0. The van der Waals surface area contributed by atoms with Crippen molar-refractivity contribution < 1.29 is 14.7 Å². The second-order valence-electron chi connectivity index (χ2n) is 4.46. The van der Waals surface area contributed by atoms with Gasteiger partial charge in [-0.25, -0.2) is 0 Å². The minimum Gasteiger partial charge on any atom is -0.481 e. The molecule has 1 fully saturated rings. The van der Waals surface area contributed by atoms with E-state index in [2.05, 4.69) is 10.6 Å². The Labute approximate surface area is 95.6 Å². The maximum absolute atomic E-state index is 11.6. The van der Waals surface area contributed by atoms with Gasteiger partial charge in [-0.1, -0.05) is 0 Å². The van der Waals surface area contributed by atoms with Gasteiger partial charge in [-0.2, -0.15) is 0 Å². The third-order valence-electron chi connectivity index (χ3n) is 2.82. The molecule has 5 nitrogen and oxygen atoms in total. The van der Waals surface area contributed by atoms with Crippen LogP contribution in [0.15, 0.2) is 0 Å². The van der Waals surface area contributed by atoms with Crippen LogP contribution < -0.4 is 10.6 Å². The van der Waals surface area contributed by atoms with Crippen LogP contribution in [0.2, 0.25) is 0 Å². The third kappa shape index (κ3) is 5.11. The summed E-state index contributed by atoms with van der Waals surface area (Å²) >= 11 is 0. The Morgan fingerprint density at radius 2 is 2.06 bits per heavy atom. The van der Waals surface area contributed by atoms with Crippen LogP contribution in [0.5, 0.6) is 0 Å². The summed E-state index contributed by atoms with van der Waals surface area (Å²) in [6, 6.07) is -0.285. The molecule has 1 aliphatic rings. The minimum absolute atomic E-state index is 0.0159. The van der Waals surface area contributed by atoms with Crippen LogP contribution in [0.25, 0.3) is 0 Å². The fraction of sp³-hybridized carbons (Fsp3) is 0.818. The number of hydrogen-bond acceptors (Lipinski definition) is 3. The van der Waals surface area contributed by atoms with Gasteiger partial charge in [0, 0.05) is 12.5 Å². The number of carboxylic acids is 1. The van der Waals surface area contributed by atoms with Crippen molar-refractivity contribution in [1.82, 2.24) is 10.6 Å². The normalized spacial score (nSPS) is 19.1. The van der Waals surface area contributed by atoms with Crippen LogP contribution in [0.4, 0.5) is 0 Å². The number of amides is 1. The first-order valence-electron chi connectivity index (χ1n) is 5.80. The molecule has 0 aromatic heterocycles. The van der Waals surface area contributed by atoms with Crippen LogP contribution in [0.3, 0.4) is 0 Å². The highest BCUT2D eigenvalue weighted by Gasteiger charge is 2.18. The lowest BCUT2D eigenvalue weighted by molar-refractivity contribution is -0.137. The van der Waals surface area contributed by atoms with Gasteiger partial charge in [-0.3, -0.25) is 9.59 Å². The summed E-state index contributed by atoms with van der Waals surface area (Å²) in [5, 5.41) is 14.5. The molecule has 92 valence electrons. The SMILES string of the molecule is CC(CC(=O)O)NC(=O)CC1CCNCC1. The summed E-state index contributed by atoms with van der Waals surface area (Å²) < 4.78 is 0. The zero-order valence-electron chi connectivity index (χ0n) is 9.66. The standard InChI is InChI=1S/C11H20N2O3/c1-8(6-11(15)16)13-10(14)7-9-2-4-12-5-3-9/h8-9,12H,2-7H2,1H3,(H,13,14)(H,15,16). The molecular weight excluding hydrogens is 208 g/mol. The average Bonchev–Trinajstić information content (AvgIpc) is 2.17. The van der Waals surface area contributed by atoms with Gasteiger partial charge >= 0.3 is 5.97 Å². The topological polar surface area (TPSA) is 78.4 Å². The van der Waals surface area contributed by atoms with Crippen molar-refractivity contribution in [3.05, 3.63) is 0 Å². The van der Waals surface area contributed by atoms with Gasteiger partial charge < -0.3 is 15.7 Å². The highest BCUT2D eigenvalue weighted by atomic mass is 16.4. The van der Waals surface area contributed by atoms with E-state index in [1.165, 1.54) is 0 Å². The van der Waals surface area contributed by atoms with Crippen molar-refractivity contribution in [3.8, 4) is 0 Å². The van der Waals surface area contributed by atoms with E-state index < -0.39 is 5.97 Å². The molecule has 0 aromatic carbocycles. The number of rotatable bonds is 5. The van der Waals surface area contributed by atoms with Crippen LogP contribution in [0, 0.1) is 5.92 Å². The minimum atomic E-state index is -0.880. The first-order chi connectivity index (χ1) is 7.58. The summed E-state index contributed by atoms with van der Waals surface area (Å²) in [6.45, 7) is 3.67. The summed E-state index contributed by atoms with van der Waals surface area (Å²) in [6.07, 6.45) is 2.56. The quantitative estimate of drug-likeness (QED) is 0.634. The van der Waals surface area contributed by atoms with Crippen LogP contribution in [-0.2, 0) is 9.59 Å². The highest BCUT2D eigenvalue weighted by Crippen LogP contribution is 2.15. The van der Waals surface area contributed by atoms with Crippen molar-refractivity contribution in [2.24, 2.45) is 5.92 Å². The van der Waals surface area contributed by atoms with E-state index in [0.717, 1.165) is 25.9 Å². The molecule has 1 atom stereocenters. The van der Waals surface area contributed by atoms with Crippen molar-refractivity contribution >= 4 is 11.9 Å². The van der Waals surface area contributed by atoms with Crippen molar-refractivity contribution in [2.75, 3.05) is 13.1 Å². The number of hydrogen-bond donors (Lipinski definition) is 3. The Morgan fingerprint density at radius 3 is 2.62 bits per heavy atom. The monoisotopic (exact) mass is 228 g/mol. The first-order valence-corrected chi connectivity index (χ1v) is 5.80. The number of piperidine rings is 1. The fourth-order valence-electron chi connectivity index (χ4n) is 1.99. The molecule has 1 unspecified atom stereocenters. The van der Waals surface area contributed by atoms with Gasteiger partial charge in [-0.05, 0) is 38.8 Å².